The summed E-state index contributed by atoms with van der Waals surface area (Å²) in [6.07, 6.45) is 4.06. The summed E-state index contributed by atoms with van der Waals surface area (Å²) in [6, 6.07) is 8.66. The highest BCUT2D eigenvalue weighted by Crippen LogP contribution is 2.25. The number of aryl methyl sites for hydroxylation is 2. The Morgan fingerprint density at radius 1 is 1.15 bits per heavy atom. The fourth-order valence-electron chi connectivity index (χ4n) is 2.12. The Balaban J connectivity index is 2.69. The van der Waals surface area contributed by atoms with Crippen LogP contribution in [0.15, 0.2) is 36.1 Å². The van der Waals surface area contributed by atoms with Gasteiger partial charge in [0.25, 0.3) is 0 Å². The third-order valence-electron chi connectivity index (χ3n) is 3.49. The molecule has 0 N–H and O–H groups in total. The van der Waals surface area contributed by atoms with Crippen LogP contribution in [0.25, 0.3) is 0 Å². The van der Waals surface area contributed by atoms with E-state index in [1.54, 1.807) is 14.2 Å². The molecule has 0 amide bonds. The van der Waals surface area contributed by atoms with Crippen LogP contribution in [-0.2, 0) is 15.9 Å². The second-order valence-electron chi connectivity index (χ2n) is 6.35. The van der Waals surface area contributed by atoms with Crippen molar-refractivity contribution in [2.45, 2.75) is 46.6 Å². The van der Waals surface area contributed by atoms with Crippen molar-refractivity contribution >= 4 is 0 Å². The molecule has 0 aliphatic carbocycles. The third-order valence-corrected chi connectivity index (χ3v) is 3.49. The molecule has 0 radical (unpaired) electrons. The van der Waals surface area contributed by atoms with Gasteiger partial charge in [-0.15, -0.1) is 0 Å². The van der Waals surface area contributed by atoms with E-state index >= 15 is 0 Å². The molecule has 0 fully saturated rings. The second kappa shape index (κ2) is 7.49. The molecule has 1 rings (SSSR count). The van der Waals surface area contributed by atoms with E-state index < -0.39 is 0 Å². The minimum atomic E-state index is 0.0652. The van der Waals surface area contributed by atoms with Gasteiger partial charge in [-0.2, -0.15) is 0 Å². The zero-order valence-corrected chi connectivity index (χ0v) is 13.7. The SMILES string of the molecule is COC(=CC(OC)C(C)(C)C)CCc1ccc(C)cc1. The molecule has 20 heavy (non-hydrogen) atoms. The zero-order valence-electron chi connectivity index (χ0n) is 13.7. The van der Waals surface area contributed by atoms with E-state index in [9.17, 15) is 0 Å². The van der Waals surface area contributed by atoms with Crippen molar-refractivity contribution in [3.63, 3.8) is 0 Å². The minimum Gasteiger partial charge on any atom is -0.501 e. The maximum Gasteiger partial charge on any atom is 0.0944 e. The number of benzene rings is 1. The molecule has 1 atom stereocenters. The number of rotatable bonds is 6. The number of hydrogen-bond donors (Lipinski definition) is 0. The van der Waals surface area contributed by atoms with Gasteiger partial charge in [0.2, 0.25) is 0 Å². The zero-order chi connectivity index (χ0) is 15.2. The van der Waals surface area contributed by atoms with Gasteiger partial charge >= 0.3 is 0 Å². The van der Waals surface area contributed by atoms with Crippen LogP contribution in [0.3, 0.4) is 0 Å². The number of allylic oxidation sites excluding steroid dienone is 1. The summed E-state index contributed by atoms with van der Waals surface area (Å²) in [5, 5.41) is 0. The molecule has 0 aliphatic heterocycles. The Hall–Kier alpha value is -1.28. The highest BCUT2D eigenvalue weighted by molar-refractivity contribution is 5.22. The summed E-state index contributed by atoms with van der Waals surface area (Å²) < 4.78 is 11.1. The van der Waals surface area contributed by atoms with E-state index in [-0.39, 0.29) is 11.5 Å². The molecule has 0 saturated carbocycles. The molecular weight excluding hydrogens is 248 g/mol. The normalized spacial score (nSPS) is 14.2. The Morgan fingerprint density at radius 2 is 1.75 bits per heavy atom. The molecule has 2 nitrogen and oxygen atoms in total. The van der Waals surface area contributed by atoms with Crippen LogP contribution < -0.4 is 0 Å². The van der Waals surface area contributed by atoms with Gasteiger partial charge < -0.3 is 9.47 Å². The molecule has 1 unspecified atom stereocenters. The predicted octanol–water partition coefficient (Wildman–Crippen LogP) is 4.52. The lowest BCUT2D eigenvalue weighted by Gasteiger charge is -2.27. The third kappa shape index (κ3) is 5.38. The van der Waals surface area contributed by atoms with E-state index in [0.29, 0.717) is 0 Å². The van der Waals surface area contributed by atoms with Crippen molar-refractivity contribution in [3.05, 3.63) is 47.2 Å². The first-order valence-corrected chi connectivity index (χ1v) is 7.20. The van der Waals surface area contributed by atoms with Crippen molar-refractivity contribution in [1.29, 1.82) is 0 Å². The fourth-order valence-corrected chi connectivity index (χ4v) is 2.12. The Bertz CT molecular complexity index is 424. The largest absolute Gasteiger partial charge is 0.501 e. The molecule has 0 heterocycles. The Labute approximate surface area is 123 Å². The average molecular weight is 276 g/mol. The molecule has 0 bridgehead atoms. The first kappa shape index (κ1) is 16.8. The fraction of sp³-hybridized carbons (Fsp3) is 0.556. The van der Waals surface area contributed by atoms with Gasteiger partial charge in [0.1, 0.15) is 0 Å². The van der Waals surface area contributed by atoms with Crippen LogP contribution in [-0.4, -0.2) is 20.3 Å². The van der Waals surface area contributed by atoms with Crippen LogP contribution in [0.2, 0.25) is 0 Å². The van der Waals surface area contributed by atoms with Crippen LogP contribution in [0, 0.1) is 12.3 Å². The topological polar surface area (TPSA) is 18.5 Å². The molecule has 0 aliphatic rings. The van der Waals surface area contributed by atoms with E-state index in [1.165, 1.54) is 11.1 Å². The van der Waals surface area contributed by atoms with E-state index in [1.807, 2.05) is 0 Å². The number of methoxy groups -OCH3 is 2. The van der Waals surface area contributed by atoms with Gasteiger partial charge in [-0.1, -0.05) is 50.6 Å². The standard InChI is InChI=1S/C18H28O2/c1-14-7-9-15(10-8-14)11-12-16(19-5)13-17(20-6)18(2,3)4/h7-10,13,17H,11-12H2,1-6H3. The van der Waals surface area contributed by atoms with Crippen molar-refractivity contribution in [2.24, 2.45) is 5.41 Å². The average Bonchev–Trinajstić information content (AvgIpc) is 2.39. The molecule has 0 saturated heterocycles. The summed E-state index contributed by atoms with van der Waals surface area (Å²) in [4.78, 5) is 0. The van der Waals surface area contributed by atoms with Crippen molar-refractivity contribution < 1.29 is 9.47 Å². The first-order valence-electron chi connectivity index (χ1n) is 7.20. The molecule has 0 aromatic heterocycles. The summed E-state index contributed by atoms with van der Waals surface area (Å²) in [6.45, 7) is 8.62. The first-order chi connectivity index (χ1) is 9.36. The highest BCUT2D eigenvalue weighted by atomic mass is 16.5. The van der Waals surface area contributed by atoms with Gasteiger partial charge in [-0.25, -0.2) is 0 Å². The molecule has 1 aromatic carbocycles. The Morgan fingerprint density at radius 3 is 2.20 bits per heavy atom. The molecule has 2 heteroatoms. The minimum absolute atomic E-state index is 0.0652. The monoisotopic (exact) mass is 276 g/mol. The molecule has 0 spiro atoms. The van der Waals surface area contributed by atoms with Crippen molar-refractivity contribution in [3.8, 4) is 0 Å². The quantitative estimate of drug-likeness (QED) is 0.711. The van der Waals surface area contributed by atoms with E-state index in [0.717, 1.165) is 18.6 Å². The van der Waals surface area contributed by atoms with Gasteiger partial charge in [-0.3, -0.25) is 0 Å². The van der Waals surface area contributed by atoms with Gasteiger partial charge in [0, 0.05) is 13.5 Å². The van der Waals surface area contributed by atoms with Crippen LogP contribution >= 0.6 is 0 Å². The smallest absolute Gasteiger partial charge is 0.0944 e. The van der Waals surface area contributed by atoms with Crippen molar-refractivity contribution in [1.82, 2.24) is 0 Å². The lowest BCUT2D eigenvalue weighted by atomic mass is 9.88. The maximum absolute atomic E-state index is 5.56. The van der Waals surface area contributed by atoms with Gasteiger partial charge in [0.15, 0.2) is 0 Å². The number of ether oxygens (including phenoxy) is 2. The maximum atomic E-state index is 5.56. The molecule has 1 aromatic rings. The molecule has 112 valence electrons. The lowest BCUT2D eigenvalue weighted by molar-refractivity contribution is 0.0498. The summed E-state index contributed by atoms with van der Waals surface area (Å²) in [7, 11) is 3.48. The predicted molar refractivity (Wildman–Crippen MR) is 84.8 cm³/mol. The van der Waals surface area contributed by atoms with Gasteiger partial charge in [-0.05, 0) is 30.4 Å². The number of hydrogen-bond acceptors (Lipinski definition) is 2. The van der Waals surface area contributed by atoms with E-state index in [2.05, 4.69) is 58.0 Å². The highest BCUT2D eigenvalue weighted by Gasteiger charge is 2.23. The van der Waals surface area contributed by atoms with Crippen LogP contribution in [0.4, 0.5) is 0 Å². The second-order valence-corrected chi connectivity index (χ2v) is 6.35. The summed E-state index contributed by atoms with van der Waals surface area (Å²) in [5.41, 5.74) is 2.70. The van der Waals surface area contributed by atoms with Crippen LogP contribution in [0.1, 0.15) is 38.3 Å². The van der Waals surface area contributed by atoms with Crippen LogP contribution in [0.5, 0.6) is 0 Å². The Kier molecular flexibility index (Phi) is 6.28. The summed E-state index contributed by atoms with van der Waals surface area (Å²) >= 11 is 0. The van der Waals surface area contributed by atoms with E-state index in [4.69, 9.17) is 9.47 Å². The lowest BCUT2D eigenvalue weighted by Crippen LogP contribution is -2.26. The molecular formula is C18H28O2. The summed E-state index contributed by atoms with van der Waals surface area (Å²) in [5.74, 6) is 0.993. The van der Waals surface area contributed by atoms with Gasteiger partial charge in [0.05, 0.1) is 19.0 Å². The van der Waals surface area contributed by atoms with Crippen molar-refractivity contribution in [2.75, 3.05) is 14.2 Å².